The number of allylic oxidation sites excluding steroid dienone is 1. The van der Waals surface area contributed by atoms with E-state index >= 15 is 0 Å². The Labute approximate surface area is 178 Å². The number of aliphatic hydroxyl groups excluding tert-OH is 1. The number of ether oxygens (including phenoxy) is 2. The van der Waals surface area contributed by atoms with E-state index in [1.807, 2.05) is 37.3 Å². The molecule has 2 N–H and O–H groups in total. The van der Waals surface area contributed by atoms with Crippen molar-refractivity contribution in [3.05, 3.63) is 46.7 Å². The second-order valence-electron chi connectivity index (χ2n) is 7.89. The summed E-state index contributed by atoms with van der Waals surface area (Å²) in [5, 5.41) is 13.2. The van der Waals surface area contributed by atoms with Crippen LogP contribution in [-0.4, -0.2) is 36.6 Å². The summed E-state index contributed by atoms with van der Waals surface area (Å²) in [4.78, 5) is 12.9. The van der Waals surface area contributed by atoms with Crippen molar-refractivity contribution in [3.63, 3.8) is 0 Å². The third-order valence-corrected chi connectivity index (χ3v) is 6.08. The number of halogens is 1. The smallest absolute Gasteiger partial charge is 0.286 e. The number of hydrogen-bond acceptors (Lipinski definition) is 4. The molecule has 6 heteroatoms. The van der Waals surface area contributed by atoms with E-state index in [9.17, 15) is 9.90 Å². The molecule has 2 aliphatic rings. The first-order chi connectivity index (χ1) is 14.1. The predicted octanol–water partition coefficient (Wildman–Crippen LogP) is 4.54. The molecule has 3 atom stereocenters. The minimum atomic E-state index is -0.524. The van der Waals surface area contributed by atoms with Gasteiger partial charge in [0.25, 0.3) is 5.91 Å². The van der Waals surface area contributed by atoms with E-state index in [-0.39, 0.29) is 30.4 Å². The minimum Gasteiger partial charge on any atom is -0.459 e. The molecule has 0 radical (unpaired) electrons. The molecule has 0 unspecified atom stereocenters. The topological polar surface area (TPSA) is 67.8 Å². The highest BCUT2D eigenvalue weighted by Crippen LogP contribution is 2.39. The van der Waals surface area contributed by atoms with Crippen molar-refractivity contribution in [1.82, 2.24) is 5.32 Å². The Bertz CT molecular complexity index is 685. The maximum Gasteiger partial charge on any atom is 0.286 e. The number of carbonyl (C=O) groups excluding carboxylic acids is 1. The maximum atomic E-state index is 12.9. The number of hydrogen-bond donors (Lipinski definition) is 2. The predicted molar refractivity (Wildman–Crippen MR) is 114 cm³/mol. The van der Waals surface area contributed by atoms with Crippen LogP contribution in [0.5, 0.6) is 0 Å². The number of aliphatic hydroxyl groups is 1. The summed E-state index contributed by atoms with van der Waals surface area (Å²) in [6.45, 7) is 2.52. The van der Waals surface area contributed by atoms with Crippen molar-refractivity contribution >= 4 is 17.5 Å². The first kappa shape index (κ1) is 22.1. The molecule has 0 aromatic heterocycles. The Hall–Kier alpha value is -1.56. The summed E-state index contributed by atoms with van der Waals surface area (Å²) in [6.07, 6.45) is 8.38. The van der Waals surface area contributed by atoms with Crippen molar-refractivity contribution in [2.24, 2.45) is 5.92 Å². The first-order valence-corrected chi connectivity index (χ1v) is 11.2. The second-order valence-corrected chi connectivity index (χ2v) is 8.32. The summed E-state index contributed by atoms with van der Waals surface area (Å²) in [6, 6.07) is 7.91. The summed E-state index contributed by atoms with van der Waals surface area (Å²) >= 11 is 6.07. The molecule has 1 amide bonds. The van der Waals surface area contributed by atoms with Crippen LogP contribution in [0.2, 0.25) is 5.02 Å². The van der Waals surface area contributed by atoms with Crippen LogP contribution in [0.25, 0.3) is 0 Å². The van der Waals surface area contributed by atoms with E-state index in [0.717, 1.165) is 37.7 Å². The molecule has 5 nitrogen and oxygen atoms in total. The molecule has 3 rings (SSSR count). The molecule has 1 heterocycles. The average molecular weight is 422 g/mol. The van der Waals surface area contributed by atoms with Gasteiger partial charge in [0.1, 0.15) is 0 Å². The molecule has 1 saturated carbocycles. The zero-order valence-electron chi connectivity index (χ0n) is 17.1. The Morgan fingerprint density at radius 1 is 1.24 bits per heavy atom. The highest BCUT2D eigenvalue weighted by molar-refractivity contribution is 6.30. The number of nitrogens with one attached hydrogen (secondary N) is 1. The molecule has 0 bridgehead atoms. The number of amides is 1. The fraction of sp³-hybridized carbons (Fsp3) is 0.609. The van der Waals surface area contributed by atoms with E-state index < -0.39 is 6.29 Å². The SMILES string of the molecule is CCO[C@H]1OC(C(=O)NC2CCCCC2)=C[C@@H](c2ccc(Cl)cc2)[C@@H]1CCCO. The lowest BCUT2D eigenvalue weighted by Gasteiger charge is -2.37. The standard InChI is InChI=1S/C23H32ClNO4/c1-2-28-23-19(9-6-14-26)20(16-10-12-17(24)13-11-16)15-21(29-23)22(27)25-18-7-4-3-5-8-18/h10-13,15,18-20,23,26H,2-9,14H2,1H3,(H,25,27)/t19-,20-,23-/m0/s1. The molecule has 0 saturated heterocycles. The van der Waals surface area contributed by atoms with Gasteiger partial charge in [-0.15, -0.1) is 0 Å². The van der Waals surface area contributed by atoms with Gasteiger partial charge in [0, 0.05) is 36.1 Å². The van der Waals surface area contributed by atoms with Crippen molar-refractivity contribution in [2.75, 3.05) is 13.2 Å². The minimum absolute atomic E-state index is 0.00880. The van der Waals surface area contributed by atoms with Crippen LogP contribution in [-0.2, 0) is 14.3 Å². The lowest BCUT2D eigenvalue weighted by atomic mass is 9.80. The largest absolute Gasteiger partial charge is 0.459 e. The quantitative estimate of drug-likeness (QED) is 0.646. The Balaban J connectivity index is 1.86. The van der Waals surface area contributed by atoms with Crippen LogP contribution >= 0.6 is 11.6 Å². The van der Waals surface area contributed by atoms with Crippen LogP contribution in [0.4, 0.5) is 0 Å². The summed E-state index contributed by atoms with van der Waals surface area (Å²) in [5.74, 6) is 0.126. The molecule has 0 spiro atoms. The molecule has 1 aliphatic heterocycles. The number of carbonyl (C=O) groups is 1. The normalized spacial score (nSPS) is 25.2. The van der Waals surface area contributed by atoms with Crippen LogP contribution in [0.3, 0.4) is 0 Å². The van der Waals surface area contributed by atoms with Gasteiger partial charge in [0.05, 0.1) is 0 Å². The van der Waals surface area contributed by atoms with E-state index in [1.54, 1.807) is 0 Å². The van der Waals surface area contributed by atoms with Crippen molar-refractivity contribution in [1.29, 1.82) is 0 Å². The van der Waals surface area contributed by atoms with Crippen LogP contribution < -0.4 is 5.32 Å². The Kier molecular flexibility index (Phi) is 8.40. The van der Waals surface area contributed by atoms with Crippen LogP contribution in [0, 0.1) is 5.92 Å². The molecule has 1 fully saturated rings. The van der Waals surface area contributed by atoms with Gasteiger partial charge in [-0.05, 0) is 56.4 Å². The highest BCUT2D eigenvalue weighted by Gasteiger charge is 2.38. The van der Waals surface area contributed by atoms with Gasteiger partial charge in [0.2, 0.25) is 6.29 Å². The summed E-state index contributed by atoms with van der Waals surface area (Å²) in [7, 11) is 0. The Morgan fingerprint density at radius 3 is 2.62 bits per heavy atom. The second kappa shape index (κ2) is 11.0. The molecule has 1 aromatic carbocycles. The third-order valence-electron chi connectivity index (χ3n) is 5.83. The Morgan fingerprint density at radius 2 is 1.97 bits per heavy atom. The fourth-order valence-electron chi connectivity index (χ4n) is 4.33. The van der Waals surface area contributed by atoms with Gasteiger partial charge in [-0.3, -0.25) is 4.79 Å². The van der Waals surface area contributed by atoms with Gasteiger partial charge in [0.15, 0.2) is 5.76 Å². The van der Waals surface area contributed by atoms with E-state index in [4.69, 9.17) is 21.1 Å². The van der Waals surface area contributed by atoms with Crippen molar-refractivity contribution in [2.45, 2.75) is 70.1 Å². The fourth-order valence-corrected chi connectivity index (χ4v) is 4.46. The van der Waals surface area contributed by atoms with Gasteiger partial charge in [-0.2, -0.15) is 0 Å². The summed E-state index contributed by atoms with van der Waals surface area (Å²) in [5.41, 5.74) is 1.06. The first-order valence-electron chi connectivity index (χ1n) is 10.8. The zero-order chi connectivity index (χ0) is 20.6. The summed E-state index contributed by atoms with van der Waals surface area (Å²) < 4.78 is 11.9. The van der Waals surface area contributed by atoms with Gasteiger partial charge < -0.3 is 19.9 Å². The van der Waals surface area contributed by atoms with Gasteiger partial charge >= 0.3 is 0 Å². The number of benzene rings is 1. The molecule has 1 aromatic rings. The molecule has 160 valence electrons. The highest BCUT2D eigenvalue weighted by atomic mass is 35.5. The van der Waals surface area contributed by atoms with E-state index in [2.05, 4.69) is 5.32 Å². The van der Waals surface area contributed by atoms with Crippen LogP contribution in [0.1, 0.15) is 63.4 Å². The average Bonchev–Trinajstić information content (AvgIpc) is 2.74. The van der Waals surface area contributed by atoms with E-state index in [0.29, 0.717) is 23.8 Å². The lowest BCUT2D eigenvalue weighted by molar-refractivity contribution is -0.166. The molecular weight excluding hydrogens is 390 g/mol. The molecular formula is C23H32ClNO4. The van der Waals surface area contributed by atoms with E-state index in [1.165, 1.54) is 6.42 Å². The monoisotopic (exact) mass is 421 g/mol. The maximum absolute atomic E-state index is 12.9. The van der Waals surface area contributed by atoms with Crippen LogP contribution in [0.15, 0.2) is 36.1 Å². The zero-order valence-corrected chi connectivity index (χ0v) is 17.9. The van der Waals surface area contributed by atoms with Gasteiger partial charge in [-0.25, -0.2) is 0 Å². The number of rotatable bonds is 8. The van der Waals surface area contributed by atoms with Gasteiger partial charge in [-0.1, -0.05) is 43.0 Å². The van der Waals surface area contributed by atoms with Crippen molar-refractivity contribution in [3.8, 4) is 0 Å². The van der Waals surface area contributed by atoms with Crippen molar-refractivity contribution < 1.29 is 19.4 Å². The molecule has 1 aliphatic carbocycles. The third kappa shape index (κ3) is 5.97. The molecule has 29 heavy (non-hydrogen) atoms. The lowest BCUT2D eigenvalue weighted by Crippen LogP contribution is -2.42.